The highest BCUT2D eigenvalue weighted by molar-refractivity contribution is 7.99. The number of amides is 1. The van der Waals surface area contributed by atoms with Gasteiger partial charge in [0.1, 0.15) is 5.76 Å². The molecule has 8 nitrogen and oxygen atoms in total. The molecule has 0 unspecified atom stereocenters. The zero-order chi connectivity index (χ0) is 23.6. The molecule has 3 heterocycles. The van der Waals surface area contributed by atoms with Crippen molar-refractivity contribution in [1.82, 2.24) is 15.1 Å². The van der Waals surface area contributed by atoms with Gasteiger partial charge in [-0.2, -0.15) is 0 Å². The Morgan fingerprint density at radius 2 is 1.94 bits per heavy atom. The summed E-state index contributed by atoms with van der Waals surface area (Å²) in [5.74, 6) is 0.915. The molecule has 2 aromatic heterocycles. The molecule has 176 valence electrons. The van der Waals surface area contributed by atoms with Crippen molar-refractivity contribution in [1.29, 1.82) is 0 Å². The first-order valence-corrected chi connectivity index (χ1v) is 13.5. The van der Waals surface area contributed by atoms with Gasteiger partial charge in [-0.25, -0.2) is 8.42 Å². The Kier molecular flexibility index (Phi) is 6.67. The number of thioether (sulfide) groups is 1. The van der Waals surface area contributed by atoms with Gasteiger partial charge in [-0.05, 0) is 41.7 Å². The summed E-state index contributed by atoms with van der Waals surface area (Å²) in [6.07, 6.45) is 1.96. The Hall–Kier alpha value is -2.59. The van der Waals surface area contributed by atoms with Gasteiger partial charge >= 0.3 is 0 Å². The molecule has 1 aliphatic heterocycles. The Balaban J connectivity index is 1.42. The minimum absolute atomic E-state index is 0.0284. The van der Waals surface area contributed by atoms with Gasteiger partial charge < -0.3 is 13.7 Å². The van der Waals surface area contributed by atoms with Crippen LogP contribution in [0.2, 0.25) is 0 Å². The zero-order valence-corrected chi connectivity index (χ0v) is 20.5. The molecule has 10 heteroatoms. The highest BCUT2D eigenvalue weighted by atomic mass is 32.2. The van der Waals surface area contributed by atoms with Crippen molar-refractivity contribution >= 4 is 27.5 Å². The van der Waals surface area contributed by atoms with Crippen LogP contribution < -0.4 is 0 Å². The number of sulfone groups is 1. The average molecular weight is 490 g/mol. The molecule has 0 N–H and O–H groups in total. The largest absolute Gasteiger partial charge is 0.467 e. The Bertz CT molecular complexity index is 1200. The van der Waals surface area contributed by atoms with Crippen molar-refractivity contribution in [3.63, 3.8) is 0 Å². The van der Waals surface area contributed by atoms with Crippen LogP contribution in [0.4, 0.5) is 0 Å². The van der Waals surface area contributed by atoms with Crippen LogP contribution in [0, 0.1) is 0 Å². The van der Waals surface area contributed by atoms with Crippen molar-refractivity contribution in [2.24, 2.45) is 0 Å². The quantitative estimate of drug-likeness (QED) is 0.460. The van der Waals surface area contributed by atoms with E-state index < -0.39 is 9.84 Å². The van der Waals surface area contributed by atoms with Gasteiger partial charge in [0.25, 0.3) is 5.22 Å². The van der Waals surface area contributed by atoms with E-state index in [1.54, 1.807) is 17.0 Å². The van der Waals surface area contributed by atoms with Crippen LogP contribution in [0.25, 0.3) is 11.5 Å². The van der Waals surface area contributed by atoms with Gasteiger partial charge in [0, 0.05) is 11.6 Å². The van der Waals surface area contributed by atoms with E-state index in [0.717, 1.165) is 17.3 Å². The van der Waals surface area contributed by atoms with E-state index >= 15 is 0 Å². The van der Waals surface area contributed by atoms with Crippen LogP contribution in [0.15, 0.2) is 56.7 Å². The summed E-state index contributed by atoms with van der Waals surface area (Å²) in [6, 6.07) is 11.1. The topological polar surface area (TPSA) is 107 Å². The first-order valence-electron chi connectivity index (χ1n) is 10.7. The fourth-order valence-electron chi connectivity index (χ4n) is 3.72. The van der Waals surface area contributed by atoms with E-state index in [0.29, 0.717) is 18.1 Å². The Morgan fingerprint density at radius 3 is 2.55 bits per heavy atom. The zero-order valence-electron chi connectivity index (χ0n) is 18.9. The number of furan rings is 1. The lowest BCUT2D eigenvalue weighted by Gasteiger charge is -2.27. The maximum Gasteiger partial charge on any atom is 0.277 e. The number of carbonyl (C=O) groups is 1. The minimum Gasteiger partial charge on any atom is -0.467 e. The molecule has 0 bridgehead atoms. The van der Waals surface area contributed by atoms with Crippen molar-refractivity contribution in [3.05, 3.63) is 54.0 Å². The van der Waals surface area contributed by atoms with Gasteiger partial charge in [0.15, 0.2) is 9.84 Å². The van der Waals surface area contributed by atoms with E-state index in [1.165, 1.54) is 11.8 Å². The number of aromatic nitrogens is 2. The molecular formula is C23H27N3O5S2. The molecule has 1 amide bonds. The van der Waals surface area contributed by atoms with E-state index in [2.05, 4.69) is 31.0 Å². The Morgan fingerprint density at radius 1 is 1.18 bits per heavy atom. The van der Waals surface area contributed by atoms with E-state index in [1.807, 2.05) is 24.3 Å². The highest BCUT2D eigenvalue weighted by Crippen LogP contribution is 2.28. The van der Waals surface area contributed by atoms with Gasteiger partial charge in [0.05, 0.1) is 30.1 Å². The normalized spacial score (nSPS) is 17.8. The lowest BCUT2D eigenvalue weighted by Crippen LogP contribution is -2.41. The predicted octanol–water partition coefficient (Wildman–Crippen LogP) is 3.94. The predicted molar refractivity (Wildman–Crippen MR) is 125 cm³/mol. The second kappa shape index (κ2) is 9.34. The number of nitrogens with zero attached hydrogens (tertiary/aromatic N) is 3. The van der Waals surface area contributed by atoms with Crippen LogP contribution in [-0.2, 0) is 26.6 Å². The molecule has 0 saturated carbocycles. The third kappa shape index (κ3) is 5.86. The van der Waals surface area contributed by atoms with Crippen molar-refractivity contribution in [2.75, 3.05) is 17.3 Å². The molecule has 0 aliphatic carbocycles. The standard InChI is InChI=1S/C23H27N3O5S2/c1-23(2,3)17-8-6-16(7-9-17)21-24-25-22(31-21)32-14-20(27)26(13-19-5-4-11-30-19)18-10-12-33(28,29)15-18/h4-9,11,18H,10,12-15H2,1-3H3/t18-/m1/s1. The molecule has 0 spiro atoms. The van der Waals surface area contributed by atoms with Crippen LogP contribution in [0.5, 0.6) is 0 Å². The molecule has 4 rings (SSSR count). The molecule has 33 heavy (non-hydrogen) atoms. The first kappa shape index (κ1) is 23.6. The molecule has 3 aromatic rings. The number of carbonyl (C=O) groups excluding carboxylic acids is 1. The van der Waals surface area contributed by atoms with Gasteiger partial charge in [-0.1, -0.05) is 44.7 Å². The summed E-state index contributed by atoms with van der Waals surface area (Å²) in [5, 5.41) is 8.44. The number of hydrogen-bond donors (Lipinski definition) is 0. The second-order valence-corrected chi connectivity index (χ2v) is 12.3. The van der Waals surface area contributed by atoms with E-state index in [4.69, 9.17) is 8.83 Å². The van der Waals surface area contributed by atoms with Crippen LogP contribution >= 0.6 is 11.8 Å². The molecule has 1 saturated heterocycles. The summed E-state index contributed by atoms with van der Waals surface area (Å²) < 4.78 is 35.1. The lowest BCUT2D eigenvalue weighted by molar-refractivity contribution is -0.131. The van der Waals surface area contributed by atoms with Gasteiger partial charge in [-0.3, -0.25) is 4.79 Å². The van der Waals surface area contributed by atoms with Crippen molar-refractivity contribution in [3.8, 4) is 11.5 Å². The van der Waals surface area contributed by atoms with Crippen molar-refractivity contribution in [2.45, 2.75) is 50.4 Å². The SMILES string of the molecule is CC(C)(C)c1ccc(-c2nnc(SCC(=O)N(Cc3ccco3)[C@@H]3CCS(=O)(=O)C3)o2)cc1. The van der Waals surface area contributed by atoms with Crippen LogP contribution in [-0.4, -0.2) is 52.7 Å². The first-order chi connectivity index (χ1) is 15.6. The highest BCUT2D eigenvalue weighted by Gasteiger charge is 2.35. The summed E-state index contributed by atoms with van der Waals surface area (Å²) in [6.45, 7) is 6.67. The lowest BCUT2D eigenvalue weighted by atomic mass is 9.87. The summed E-state index contributed by atoms with van der Waals surface area (Å²) >= 11 is 1.14. The molecule has 1 aliphatic rings. The number of rotatable bonds is 7. The van der Waals surface area contributed by atoms with Gasteiger partial charge in [0.2, 0.25) is 11.8 Å². The maximum atomic E-state index is 13.0. The summed E-state index contributed by atoms with van der Waals surface area (Å²) in [7, 11) is -3.13. The summed E-state index contributed by atoms with van der Waals surface area (Å²) in [5.41, 5.74) is 2.07. The molecule has 1 fully saturated rings. The second-order valence-electron chi connectivity index (χ2n) is 9.15. The van der Waals surface area contributed by atoms with Crippen LogP contribution in [0.3, 0.4) is 0 Å². The van der Waals surface area contributed by atoms with Crippen LogP contribution in [0.1, 0.15) is 38.5 Å². The van der Waals surface area contributed by atoms with E-state index in [9.17, 15) is 13.2 Å². The summed E-state index contributed by atoms with van der Waals surface area (Å²) in [4.78, 5) is 14.6. The van der Waals surface area contributed by atoms with E-state index in [-0.39, 0.29) is 46.4 Å². The molecule has 1 aromatic carbocycles. The molecular weight excluding hydrogens is 462 g/mol. The maximum absolute atomic E-state index is 13.0. The fourth-order valence-corrected chi connectivity index (χ4v) is 6.10. The monoisotopic (exact) mass is 489 g/mol. The Labute approximate surface area is 197 Å². The average Bonchev–Trinajstić information content (AvgIpc) is 3.51. The molecule has 0 radical (unpaired) electrons. The third-order valence-corrected chi connectivity index (χ3v) is 8.15. The molecule has 1 atom stereocenters. The number of hydrogen-bond acceptors (Lipinski definition) is 8. The minimum atomic E-state index is -3.13. The fraction of sp³-hybridized carbons (Fsp3) is 0.435. The van der Waals surface area contributed by atoms with Crippen molar-refractivity contribution < 1.29 is 22.0 Å². The smallest absolute Gasteiger partial charge is 0.277 e. The number of benzene rings is 1. The third-order valence-electron chi connectivity index (χ3n) is 5.60. The van der Waals surface area contributed by atoms with Gasteiger partial charge in [-0.15, -0.1) is 10.2 Å².